The highest BCUT2D eigenvalue weighted by molar-refractivity contribution is 9.10. The van der Waals surface area contributed by atoms with Gasteiger partial charge in [0.15, 0.2) is 0 Å². The molecule has 18 heavy (non-hydrogen) atoms. The number of hydrogen-bond acceptors (Lipinski definition) is 2. The second-order valence-electron chi connectivity index (χ2n) is 3.69. The van der Waals surface area contributed by atoms with Crippen LogP contribution < -0.4 is 0 Å². The monoisotopic (exact) mass is 337 g/mol. The third-order valence-corrected chi connectivity index (χ3v) is 4.74. The summed E-state index contributed by atoms with van der Waals surface area (Å²) < 4.78 is 0.988. The van der Waals surface area contributed by atoms with E-state index in [0.717, 1.165) is 20.5 Å². The molecule has 0 saturated heterocycles. The zero-order valence-electron chi connectivity index (χ0n) is 9.58. The normalized spacial score (nSPS) is 11.9. The van der Waals surface area contributed by atoms with Gasteiger partial charge in [0, 0.05) is 9.35 Å². The molecule has 1 heterocycles. The number of benzene rings is 1. The third-order valence-electron chi connectivity index (χ3n) is 2.60. The van der Waals surface area contributed by atoms with Crippen molar-refractivity contribution in [3.8, 4) is 6.07 Å². The van der Waals surface area contributed by atoms with Crippen LogP contribution in [-0.2, 0) is 0 Å². The van der Waals surface area contributed by atoms with Crippen LogP contribution in [0.4, 0.5) is 0 Å². The molecular formula is C14H9BrClNS. The number of nitrogens with zero attached hydrogens (tertiary/aromatic N) is 1. The summed E-state index contributed by atoms with van der Waals surface area (Å²) in [5.74, 6) is 0. The molecule has 0 saturated carbocycles. The minimum absolute atomic E-state index is 0.499. The Morgan fingerprint density at radius 2 is 2.11 bits per heavy atom. The van der Waals surface area contributed by atoms with Gasteiger partial charge in [-0.3, -0.25) is 0 Å². The molecule has 0 aliphatic heterocycles. The van der Waals surface area contributed by atoms with Gasteiger partial charge in [-0.25, -0.2) is 0 Å². The van der Waals surface area contributed by atoms with Gasteiger partial charge in [-0.2, -0.15) is 5.26 Å². The molecule has 0 amide bonds. The Kier molecular flexibility index (Phi) is 4.23. The molecule has 0 aliphatic rings. The van der Waals surface area contributed by atoms with Gasteiger partial charge < -0.3 is 0 Å². The molecule has 90 valence electrons. The predicted molar refractivity (Wildman–Crippen MR) is 81.5 cm³/mol. The highest BCUT2D eigenvalue weighted by atomic mass is 79.9. The van der Waals surface area contributed by atoms with Crippen molar-refractivity contribution in [2.75, 3.05) is 0 Å². The van der Waals surface area contributed by atoms with E-state index in [1.54, 1.807) is 0 Å². The first-order valence-corrected chi connectivity index (χ1v) is 7.29. The minimum Gasteiger partial charge on any atom is -0.192 e. The summed E-state index contributed by atoms with van der Waals surface area (Å²) >= 11 is 11.4. The van der Waals surface area contributed by atoms with E-state index in [0.29, 0.717) is 10.6 Å². The van der Waals surface area contributed by atoms with Gasteiger partial charge in [0.1, 0.15) is 6.07 Å². The molecule has 0 N–H and O–H groups in total. The first kappa shape index (κ1) is 13.4. The molecule has 0 aliphatic carbocycles. The highest BCUT2D eigenvalue weighted by Gasteiger charge is 2.13. The average Bonchev–Trinajstić information content (AvgIpc) is 2.87. The molecule has 0 bridgehead atoms. The van der Waals surface area contributed by atoms with Gasteiger partial charge in [-0.05, 0) is 35.6 Å². The van der Waals surface area contributed by atoms with Gasteiger partial charge in [-0.15, -0.1) is 11.3 Å². The Morgan fingerprint density at radius 1 is 1.33 bits per heavy atom. The Balaban J connectivity index is 2.62. The minimum atomic E-state index is 0.499. The SMILES string of the molecule is Cc1c(Br)cccc1C(Cl)=C(C#N)c1cccs1. The van der Waals surface area contributed by atoms with Crippen molar-refractivity contribution in [1.29, 1.82) is 5.26 Å². The Hall–Kier alpha value is -1.08. The van der Waals surface area contributed by atoms with Crippen molar-refractivity contribution in [2.24, 2.45) is 0 Å². The zero-order valence-corrected chi connectivity index (χ0v) is 12.7. The van der Waals surface area contributed by atoms with Crippen LogP contribution in [0, 0.1) is 18.3 Å². The van der Waals surface area contributed by atoms with Crippen molar-refractivity contribution in [2.45, 2.75) is 6.92 Å². The van der Waals surface area contributed by atoms with Gasteiger partial charge in [-0.1, -0.05) is 45.7 Å². The molecule has 2 aromatic rings. The lowest BCUT2D eigenvalue weighted by Crippen LogP contribution is -1.88. The van der Waals surface area contributed by atoms with E-state index in [1.165, 1.54) is 11.3 Å². The van der Waals surface area contributed by atoms with Crippen molar-refractivity contribution in [1.82, 2.24) is 0 Å². The lowest BCUT2D eigenvalue weighted by molar-refractivity contribution is 1.40. The summed E-state index contributed by atoms with van der Waals surface area (Å²) in [6.07, 6.45) is 0. The maximum absolute atomic E-state index is 9.29. The summed E-state index contributed by atoms with van der Waals surface area (Å²) in [7, 11) is 0. The van der Waals surface area contributed by atoms with Crippen LogP contribution in [0.25, 0.3) is 10.6 Å². The fourth-order valence-corrected chi connectivity index (χ4v) is 3.11. The fraction of sp³-hybridized carbons (Fsp3) is 0.0714. The van der Waals surface area contributed by atoms with E-state index in [2.05, 4.69) is 22.0 Å². The van der Waals surface area contributed by atoms with E-state index in [1.807, 2.05) is 42.6 Å². The topological polar surface area (TPSA) is 23.8 Å². The van der Waals surface area contributed by atoms with Crippen LogP contribution in [0.15, 0.2) is 40.2 Å². The van der Waals surface area contributed by atoms with Gasteiger partial charge in [0.2, 0.25) is 0 Å². The molecule has 0 unspecified atom stereocenters. The second-order valence-corrected chi connectivity index (χ2v) is 5.87. The lowest BCUT2D eigenvalue weighted by atomic mass is 10.1. The average molecular weight is 339 g/mol. The van der Waals surface area contributed by atoms with E-state index in [4.69, 9.17) is 11.6 Å². The number of nitriles is 1. The number of hydrogen-bond donors (Lipinski definition) is 0. The molecule has 1 aromatic carbocycles. The van der Waals surface area contributed by atoms with E-state index in [-0.39, 0.29) is 0 Å². The maximum atomic E-state index is 9.29. The second kappa shape index (κ2) is 5.71. The van der Waals surface area contributed by atoms with Crippen LogP contribution in [0.3, 0.4) is 0 Å². The van der Waals surface area contributed by atoms with Crippen molar-refractivity contribution >= 4 is 49.5 Å². The third kappa shape index (κ3) is 2.51. The van der Waals surface area contributed by atoms with Gasteiger partial charge in [0.05, 0.1) is 10.6 Å². The fourth-order valence-electron chi connectivity index (χ4n) is 1.61. The number of allylic oxidation sites excluding steroid dienone is 1. The Labute approximate surface area is 123 Å². The van der Waals surface area contributed by atoms with Crippen molar-refractivity contribution in [3.63, 3.8) is 0 Å². The largest absolute Gasteiger partial charge is 0.192 e. The zero-order chi connectivity index (χ0) is 13.1. The van der Waals surface area contributed by atoms with Crippen LogP contribution in [0.2, 0.25) is 0 Å². The summed E-state index contributed by atoms with van der Waals surface area (Å²) in [4.78, 5) is 0.891. The number of thiophene rings is 1. The highest BCUT2D eigenvalue weighted by Crippen LogP contribution is 2.34. The maximum Gasteiger partial charge on any atom is 0.102 e. The molecule has 0 spiro atoms. The quantitative estimate of drug-likeness (QED) is 0.668. The van der Waals surface area contributed by atoms with Crippen LogP contribution in [0.5, 0.6) is 0 Å². The number of rotatable bonds is 2. The Morgan fingerprint density at radius 3 is 2.72 bits per heavy atom. The van der Waals surface area contributed by atoms with Gasteiger partial charge in [0.25, 0.3) is 0 Å². The lowest BCUT2D eigenvalue weighted by Gasteiger charge is -2.08. The van der Waals surface area contributed by atoms with Crippen molar-refractivity contribution < 1.29 is 0 Å². The van der Waals surface area contributed by atoms with Gasteiger partial charge >= 0.3 is 0 Å². The summed E-state index contributed by atoms with van der Waals surface area (Å²) in [6, 6.07) is 11.8. The van der Waals surface area contributed by atoms with Crippen LogP contribution in [0.1, 0.15) is 16.0 Å². The molecular weight excluding hydrogens is 330 g/mol. The summed E-state index contributed by atoms with van der Waals surface area (Å²) in [5, 5.41) is 11.7. The smallest absolute Gasteiger partial charge is 0.102 e. The molecule has 1 nitrogen and oxygen atoms in total. The van der Waals surface area contributed by atoms with E-state index < -0.39 is 0 Å². The molecule has 0 radical (unpaired) electrons. The molecule has 4 heteroatoms. The summed E-state index contributed by atoms with van der Waals surface area (Å²) in [6.45, 7) is 1.98. The molecule has 0 fully saturated rings. The van der Waals surface area contributed by atoms with Crippen molar-refractivity contribution in [3.05, 3.63) is 56.2 Å². The first-order valence-electron chi connectivity index (χ1n) is 5.24. The number of halogens is 2. The van der Waals surface area contributed by atoms with Crippen LogP contribution >= 0.6 is 38.9 Å². The first-order chi connectivity index (χ1) is 8.65. The van der Waals surface area contributed by atoms with Crippen LogP contribution in [-0.4, -0.2) is 0 Å². The molecule has 0 atom stereocenters. The van der Waals surface area contributed by atoms with E-state index in [9.17, 15) is 5.26 Å². The standard InChI is InChI=1S/C14H9BrClNS/c1-9-10(4-2-5-12(9)15)14(16)11(8-17)13-6-3-7-18-13/h2-7H,1H3. The molecule has 1 aromatic heterocycles. The Bertz CT molecular complexity index is 638. The predicted octanol–water partition coefficient (Wildman–Crippen LogP) is 5.45. The summed E-state index contributed by atoms with van der Waals surface area (Å²) in [5.41, 5.74) is 2.44. The molecule has 2 rings (SSSR count). The van der Waals surface area contributed by atoms with E-state index >= 15 is 0 Å².